The second-order valence-corrected chi connectivity index (χ2v) is 9.17. The van der Waals surface area contributed by atoms with Crippen LogP contribution in [-0.4, -0.2) is 26.3 Å². The van der Waals surface area contributed by atoms with E-state index in [4.69, 9.17) is 11.6 Å². The molecule has 0 aliphatic rings. The lowest BCUT2D eigenvalue weighted by Crippen LogP contribution is -2.09. The fourth-order valence-electron chi connectivity index (χ4n) is 3.61. The van der Waals surface area contributed by atoms with Crippen molar-refractivity contribution in [1.82, 2.24) is 14.8 Å². The Labute approximate surface area is 197 Å². The third kappa shape index (κ3) is 4.79. The van der Waals surface area contributed by atoms with E-state index in [1.54, 1.807) is 0 Å². The van der Waals surface area contributed by atoms with E-state index in [0.717, 1.165) is 27.8 Å². The van der Waals surface area contributed by atoms with E-state index in [1.165, 1.54) is 17.3 Å². The predicted octanol–water partition coefficient (Wildman–Crippen LogP) is 6.55. The maximum absolute atomic E-state index is 13.0. The van der Waals surface area contributed by atoms with Crippen molar-refractivity contribution in [2.24, 2.45) is 0 Å². The number of halogens is 1. The number of rotatable bonds is 7. The van der Waals surface area contributed by atoms with Crippen molar-refractivity contribution < 1.29 is 4.79 Å². The van der Waals surface area contributed by atoms with Crippen LogP contribution in [0.2, 0.25) is 5.02 Å². The molecule has 0 aliphatic carbocycles. The SMILES string of the molecule is Cc1cc(C)c(C(=O)CSc2nnc(-c3ccccc3Cl)n2Cc2ccccc2)cc1C. The highest BCUT2D eigenvalue weighted by atomic mass is 35.5. The van der Waals surface area contributed by atoms with E-state index in [-0.39, 0.29) is 5.78 Å². The van der Waals surface area contributed by atoms with Gasteiger partial charge in [0.2, 0.25) is 0 Å². The molecule has 32 heavy (non-hydrogen) atoms. The topological polar surface area (TPSA) is 47.8 Å². The Hall–Kier alpha value is -2.89. The summed E-state index contributed by atoms with van der Waals surface area (Å²) in [6.45, 7) is 6.67. The zero-order chi connectivity index (χ0) is 22.7. The highest BCUT2D eigenvalue weighted by Crippen LogP contribution is 2.30. The normalized spacial score (nSPS) is 11.0. The van der Waals surface area contributed by atoms with Gasteiger partial charge < -0.3 is 0 Å². The van der Waals surface area contributed by atoms with E-state index in [9.17, 15) is 4.79 Å². The van der Waals surface area contributed by atoms with Crippen molar-refractivity contribution in [2.45, 2.75) is 32.5 Å². The van der Waals surface area contributed by atoms with Crippen LogP contribution >= 0.6 is 23.4 Å². The molecule has 0 atom stereocenters. The first kappa shape index (κ1) is 22.3. The molecule has 6 heteroatoms. The quantitative estimate of drug-likeness (QED) is 0.231. The molecule has 0 saturated carbocycles. The van der Waals surface area contributed by atoms with Crippen molar-refractivity contribution >= 4 is 29.1 Å². The summed E-state index contributed by atoms with van der Waals surface area (Å²) >= 11 is 7.86. The van der Waals surface area contributed by atoms with Gasteiger partial charge >= 0.3 is 0 Å². The largest absolute Gasteiger partial charge is 0.297 e. The molecule has 4 nitrogen and oxygen atoms in total. The molecule has 162 valence electrons. The molecule has 0 unspecified atom stereocenters. The minimum absolute atomic E-state index is 0.0872. The molecule has 0 aliphatic heterocycles. The lowest BCUT2D eigenvalue weighted by Gasteiger charge is -2.12. The van der Waals surface area contributed by atoms with Crippen LogP contribution < -0.4 is 0 Å². The fourth-order valence-corrected chi connectivity index (χ4v) is 4.66. The number of hydrogen-bond donors (Lipinski definition) is 0. The summed E-state index contributed by atoms with van der Waals surface area (Å²) in [4.78, 5) is 13.0. The summed E-state index contributed by atoms with van der Waals surface area (Å²) in [7, 11) is 0. The number of carbonyl (C=O) groups excluding carboxylic acids is 1. The van der Waals surface area contributed by atoms with Crippen LogP contribution in [0.1, 0.15) is 32.6 Å². The summed E-state index contributed by atoms with van der Waals surface area (Å²) in [5.41, 5.74) is 6.03. The van der Waals surface area contributed by atoms with Crippen molar-refractivity contribution in [3.8, 4) is 11.4 Å². The van der Waals surface area contributed by atoms with Gasteiger partial charge in [0.25, 0.3) is 0 Å². The van der Waals surface area contributed by atoms with Crippen LogP contribution in [0.25, 0.3) is 11.4 Å². The molecule has 1 heterocycles. The van der Waals surface area contributed by atoms with Crippen LogP contribution in [0.4, 0.5) is 0 Å². The van der Waals surface area contributed by atoms with E-state index >= 15 is 0 Å². The molecule has 0 N–H and O–H groups in total. The smallest absolute Gasteiger partial charge is 0.192 e. The van der Waals surface area contributed by atoms with Gasteiger partial charge in [0.05, 0.1) is 17.3 Å². The van der Waals surface area contributed by atoms with Crippen LogP contribution in [-0.2, 0) is 6.54 Å². The van der Waals surface area contributed by atoms with E-state index in [0.29, 0.717) is 28.3 Å². The summed E-state index contributed by atoms with van der Waals surface area (Å²) in [6, 6.07) is 21.8. The van der Waals surface area contributed by atoms with Gasteiger partial charge in [0.15, 0.2) is 16.8 Å². The van der Waals surface area contributed by atoms with Crippen LogP contribution in [0.3, 0.4) is 0 Å². The van der Waals surface area contributed by atoms with Crippen molar-refractivity contribution in [2.75, 3.05) is 5.75 Å². The number of ketones is 1. The molecule has 0 amide bonds. The second-order valence-electron chi connectivity index (χ2n) is 7.82. The number of aryl methyl sites for hydroxylation is 3. The summed E-state index contributed by atoms with van der Waals surface area (Å²) in [5.74, 6) is 1.07. The standard InChI is InChI=1S/C26H24ClN3OS/c1-17-13-19(3)22(14-18(17)2)24(31)16-32-26-29-28-25(21-11-7-8-12-23(21)27)30(26)15-20-9-5-4-6-10-20/h4-14H,15-16H2,1-3H3. The Morgan fingerprint density at radius 1 is 0.906 bits per heavy atom. The molecule has 0 radical (unpaired) electrons. The summed E-state index contributed by atoms with van der Waals surface area (Å²) < 4.78 is 2.03. The molecule has 0 spiro atoms. The Morgan fingerprint density at radius 2 is 1.59 bits per heavy atom. The maximum Gasteiger partial charge on any atom is 0.192 e. The highest BCUT2D eigenvalue weighted by Gasteiger charge is 2.19. The molecule has 0 fully saturated rings. The summed E-state index contributed by atoms with van der Waals surface area (Å²) in [5, 5.41) is 10.2. The van der Waals surface area contributed by atoms with Crippen molar-refractivity contribution in [3.05, 3.63) is 99.6 Å². The van der Waals surface area contributed by atoms with E-state index in [2.05, 4.69) is 35.3 Å². The molecule has 0 saturated heterocycles. The fraction of sp³-hybridized carbons (Fsp3) is 0.192. The number of aromatic nitrogens is 3. The Kier molecular flexibility index (Phi) is 6.77. The van der Waals surface area contributed by atoms with E-state index in [1.807, 2.05) is 66.9 Å². The first-order valence-corrected chi connectivity index (χ1v) is 11.8. The zero-order valence-electron chi connectivity index (χ0n) is 18.3. The first-order chi connectivity index (χ1) is 15.4. The van der Waals surface area contributed by atoms with Gasteiger partial charge in [0, 0.05) is 11.1 Å². The minimum atomic E-state index is 0.0872. The van der Waals surface area contributed by atoms with Gasteiger partial charge in [-0.25, -0.2) is 0 Å². The molecule has 0 bridgehead atoms. The van der Waals surface area contributed by atoms with Gasteiger partial charge in [0.1, 0.15) is 0 Å². The molecule has 4 aromatic rings. The predicted molar refractivity (Wildman–Crippen MR) is 132 cm³/mol. The molecule has 1 aromatic heterocycles. The van der Waals surface area contributed by atoms with Gasteiger partial charge in [-0.1, -0.05) is 71.9 Å². The highest BCUT2D eigenvalue weighted by molar-refractivity contribution is 7.99. The Bertz CT molecular complexity index is 1270. The molecular weight excluding hydrogens is 438 g/mol. The monoisotopic (exact) mass is 461 g/mol. The maximum atomic E-state index is 13.0. The first-order valence-electron chi connectivity index (χ1n) is 10.4. The van der Waals surface area contributed by atoms with Gasteiger partial charge in [-0.05, 0) is 61.2 Å². The number of hydrogen-bond acceptors (Lipinski definition) is 4. The third-order valence-electron chi connectivity index (χ3n) is 5.49. The van der Waals surface area contributed by atoms with Gasteiger partial charge in [-0.15, -0.1) is 10.2 Å². The Balaban J connectivity index is 1.64. The average Bonchev–Trinajstić information content (AvgIpc) is 3.17. The molecule has 3 aromatic carbocycles. The number of nitrogens with zero attached hydrogens (tertiary/aromatic N) is 3. The third-order valence-corrected chi connectivity index (χ3v) is 6.78. The zero-order valence-corrected chi connectivity index (χ0v) is 19.9. The van der Waals surface area contributed by atoms with Gasteiger partial charge in [-0.2, -0.15) is 0 Å². The number of carbonyl (C=O) groups is 1. The molecule has 4 rings (SSSR count). The number of Topliss-reactive ketones (excluding diaryl/α,β-unsaturated/α-hetero) is 1. The Morgan fingerprint density at radius 3 is 2.34 bits per heavy atom. The van der Waals surface area contributed by atoms with Crippen molar-refractivity contribution in [3.63, 3.8) is 0 Å². The van der Waals surface area contributed by atoms with Crippen molar-refractivity contribution in [1.29, 1.82) is 0 Å². The second kappa shape index (κ2) is 9.72. The lowest BCUT2D eigenvalue weighted by molar-refractivity contribution is 0.102. The minimum Gasteiger partial charge on any atom is -0.297 e. The van der Waals surface area contributed by atoms with Crippen LogP contribution in [0, 0.1) is 20.8 Å². The van der Waals surface area contributed by atoms with Gasteiger partial charge in [-0.3, -0.25) is 9.36 Å². The van der Waals surface area contributed by atoms with Crippen LogP contribution in [0.15, 0.2) is 71.9 Å². The average molecular weight is 462 g/mol. The molecular formula is C26H24ClN3OS. The lowest BCUT2D eigenvalue weighted by atomic mass is 9.99. The number of benzene rings is 3. The van der Waals surface area contributed by atoms with E-state index < -0.39 is 0 Å². The summed E-state index contributed by atoms with van der Waals surface area (Å²) in [6.07, 6.45) is 0. The van der Waals surface area contributed by atoms with Crippen LogP contribution in [0.5, 0.6) is 0 Å². The number of thioether (sulfide) groups is 1.